The summed E-state index contributed by atoms with van der Waals surface area (Å²) in [5.74, 6) is -0.291. The van der Waals surface area contributed by atoms with Crippen molar-refractivity contribution in [1.29, 1.82) is 0 Å². The van der Waals surface area contributed by atoms with Crippen molar-refractivity contribution in [3.8, 4) is 0 Å². The number of benzene rings is 2. The smallest absolute Gasteiger partial charge is 0.261 e. The fraction of sp³-hybridized carbons (Fsp3) is 0.333. The average molecular weight is 416 g/mol. The highest BCUT2D eigenvalue weighted by Crippen LogP contribution is 2.25. The van der Waals surface area contributed by atoms with Crippen LogP contribution in [0.15, 0.2) is 53.4 Å². The molecule has 1 saturated heterocycles. The first-order chi connectivity index (χ1) is 13.8. The second kappa shape index (κ2) is 8.65. The molecule has 1 aliphatic heterocycles. The zero-order valence-electron chi connectivity index (χ0n) is 16.5. The molecule has 29 heavy (non-hydrogen) atoms. The molecule has 2 N–H and O–H groups in total. The van der Waals surface area contributed by atoms with Gasteiger partial charge in [0.15, 0.2) is 0 Å². The Hall–Kier alpha value is -2.87. The molecule has 1 atom stereocenters. The van der Waals surface area contributed by atoms with Crippen LogP contribution in [0, 0.1) is 0 Å². The van der Waals surface area contributed by atoms with Crippen molar-refractivity contribution < 1.29 is 18.0 Å². The van der Waals surface area contributed by atoms with Crippen molar-refractivity contribution in [1.82, 2.24) is 5.32 Å². The number of nitrogens with zero attached hydrogens (tertiary/aromatic N) is 1. The van der Waals surface area contributed by atoms with Crippen LogP contribution in [-0.4, -0.2) is 32.8 Å². The minimum atomic E-state index is -3.89. The summed E-state index contributed by atoms with van der Waals surface area (Å²) in [6.45, 7) is 4.48. The highest BCUT2D eigenvalue weighted by atomic mass is 32.2. The largest absolute Gasteiger partial charge is 0.350 e. The van der Waals surface area contributed by atoms with E-state index in [1.54, 1.807) is 41.3 Å². The molecule has 1 heterocycles. The average Bonchev–Trinajstić information content (AvgIpc) is 3.14. The second-order valence-corrected chi connectivity index (χ2v) is 8.76. The molecule has 0 spiro atoms. The summed E-state index contributed by atoms with van der Waals surface area (Å²) in [5.41, 5.74) is 1.16. The molecule has 1 aliphatic rings. The molecular weight excluding hydrogens is 390 g/mol. The predicted octanol–water partition coefficient (Wildman–Crippen LogP) is 3.14. The molecule has 2 amide bonds. The minimum Gasteiger partial charge on any atom is -0.350 e. The lowest BCUT2D eigenvalue weighted by Crippen LogP contribution is -2.32. The SMILES string of the molecule is CCC(C)NC(=O)c1ccccc1NS(=O)(=O)c1ccc(N2CCCC2=O)cc1. The van der Waals surface area contributed by atoms with E-state index < -0.39 is 10.0 Å². The Morgan fingerprint density at radius 2 is 1.83 bits per heavy atom. The third-order valence-corrected chi connectivity index (χ3v) is 6.32. The van der Waals surface area contributed by atoms with Gasteiger partial charge >= 0.3 is 0 Å². The Bertz CT molecular complexity index is 1000. The van der Waals surface area contributed by atoms with Crippen LogP contribution in [0.25, 0.3) is 0 Å². The van der Waals surface area contributed by atoms with Crippen molar-refractivity contribution in [3.63, 3.8) is 0 Å². The maximum Gasteiger partial charge on any atom is 0.261 e. The van der Waals surface area contributed by atoms with Gasteiger partial charge in [-0.05, 0) is 56.2 Å². The molecule has 3 rings (SSSR count). The molecular formula is C21H25N3O4S. The summed E-state index contributed by atoms with van der Waals surface area (Å²) in [6, 6.07) is 12.6. The number of hydrogen-bond acceptors (Lipinski definition) is 4. The standard InChI is InChI=1S/C21H25N3O4S/c1-3-15(2)22-21(26)18-7-4-5-8-19(18)23-29(27,28)17-12-10-16(11-13-17)24-14-6-9-20(24)25/h4-5,7-8,10-13,15,23H,3,6,9,14H2,1-2H3,(H,22,26). The van der Waals surface area contributed by atoms with Crippen molar-refractivity contribution in [3.05, 3.63) is 54.1 Å². The van der Waals surface area contributed by atoms with E-state index >= 15 is 0 Å². The molecule has 1 fully saturated rings. The van der Waals surface area contributed by atoms with E-state index in [4.69, 9.17) is 0 Å². The Morgan fingerprint density at radius 1 is 1.14 bits per heavy atom. The van der Waals surface area contributed by atoms with E-state index in [1.807, 2.05) is 13.8 Å². The van der Waals surface area contributed by atoms with E-state index in [0.717, 1.165) is 12.8 Å². The third kappa shape index (κ3) is 4.76. The highest BCUT2D eigenvalue weighted by Gasteiger charge is 2.23. The molecule has 2 aromatic carbocycles. The van der Waals surface area contributed by atoms with Gasteiger partial charge in [-0.3, -0.25) is 14.3 Å². The molecule has 0 radical (unpaired) electrons. The number of carbonyl (C=O) groups excluding carboxylic acids is 2. The first-order valence-electron chi connectivity index (χ1n) is 9.65. The minimum absolute atomic E-state index is 0.0204. The molecule has 7 nitrogen and oxygen atoms in total. The van der Waals surface area contributed by atoms with Crippen LogP contribution >= 0.6 is 0 Å². The van der Waals surface area contributed by atoms with Gasteiger partial charge in [0, 0.05) is 24.7 Å². The lowest BCUT2D eigenvalue weighted by molar-refractivity contribution is -0.117. The van der Waals surface area contributed by atoms with Crippen LogP contribution in [-0.2, 0) is 14.8 Å². The van der Waals surface area contributed by atoms with Gasteiger partial charge in [-0.15, -0.1) is 0 Å². The lowest BCUT2D eigenvalue weighted by atomic mass is 10.1. The van der Waals surface area contributed by atoms with Crippen molar-refractivity contribution in [2.75, 3.05) is 16.2 Å². The molecule has 0 aromatic heterocycles. The fourth-order valence-electron chi connectivity index (χ4n) is 3.10. The van der Waals surface area contributed by atoms with Crippen molar-refractivity contribution in [2.24, 2.45) is 0 Å². The number of carbonyl (C=O) groups is 2. The first-order valence-corrected chi connectivity index (χ1v) is 11.1. The van der Waals surface area contributed by atoms with Crippen LogP contribution in [0.1, 0.15) is 43.5 Å². The summed E-state index contributed by atoms with van der Waals surface area (Å²) in [6.07, 6.45) is 2.08. The highest BCUT2D eigenvalue weighted by molar-refractivity contribution is 7.92. The maximum atomic E-state index is 12.8. The Balaban J connectivity index is 1.81. The fourth-order valence-corrected chi connectivity index (χ4v) is 4.18. The molecule has 2 aromatic rings. The third-order valence-electron chi connectivity index (χ3n) is 4.94. The lowest BCUT2D eigenvalue weighted by Gasteiger charge is -2.17. The van der Waals surface area contributed by atoms with Crippen LogP contribution < -0.4 is 14.9 Å². The van der Waals surface area contributed by atoms with Crippen LogP contribution in [0.4, 0.5) is 11.4 Å². The van der Waals surface area contributed by atoms with Gasteiger partial charge in [-0.2, -0.15) is 0 Å². The maximum absolute atomic E-state index is 12.8. The zero-order valence-corrected chi connectivity index (χ0v) is 17.3. The molecule has 0 saturated carbocycles. The summed E-state index contributed by atoms with van der Waals surface area (Å²) >= 11 is 0. The Morgan fingerprint density at radius 3 is 2.45 bits per heavy atom. The molecule has 1 unspecified atom stereocenters. The summed E-state index contributed by atoms with van der Waals surface area (Å²) < 4.78 is 28.2. The topological polar surface area (TPSA) is 95.6 Å². The van der Waals surface area contributed by atoms with Gasteiger partial charge in [-0.1, -0.05) is 19.1 Å². The van der Waals surface area contributed by atoms with E-state index in [0.29, 0.717) is 18.7 Å². The van der Waals surface area contributed by atoms with Gasteiger partial charge in [0.1, 0.15) is 0 Å². The molecule has 0 aliphatic carbocycles. The number of hydrogen-bond donors (Lipinski definition) is 2. The number of rotatable bonds is 7. The van der Waals surface area contributed by atoms with Crippen molar-refractivity contribution in [2.45, 2.75) is 44.0 Å². The number of amides is 2. The normalized spacial score (nSPS) is 15.2. The molecule has 0 bridgehead atoms. The van der Waals surface area contributed by atoms with Gasteiger partial charge in [0.2, 0.25) is 5.91 Å². The summed E-state index contributed by atoms with van der Waals surface area (Å²) in [4.78, 5) is 26.1. The zero-order chi connectivity index (χ0) is 21.0. The Kier molecular flexibility index (Phi) is 6.22. The van der Waals surface area contributed by atoms with Gasteiger partial charge < -0.3 is 10.2 Å². The Labute approximate surface area is 171 Å². The number of sulfonamides is 1. The quantitative estimate of drug-likeness (QED) is 0.726. The second-order valence-electron chi connectivity index (χ2n) is 7.08. The summed E-state index contributed by atoms with van der Waals surface area (Å²) in [5, 5.41) is 2.84. The van der Waals surface area contributed by atoms with E-state index in [2.05, 4.69) is 10.0 Å². The summed E-state index contributed by atoms with van der Waals surface area (Å²) in [7, 11) is -3.89. The molecule has 154 valence electrons. The van der Waals surface area contributed by atoms with Gasteiger partial charge in [0.05, 0.1) is 16.1 Å². The van der Waals surface area contributed by atoms with Gasteiger partial charge in [0.25, 0.3) is 15.9 Å². The van der Waals surface area contributed by atoms with E-state index in [9.17, 15) is 18.0 Å². The van der Waals surface area contributed by atoms with Crippen LogP contribution in [0.5, 0.6) is 0 Å². The van der Waals surface area contributed by atoms with Crippen LogP contribution in [0.3, 0.4) is 0 Å². The number of nitrogens with one attached hydrogen (secondary N) is 2. The number of para-hydroxylation sites is 1. The monoisotopic (exact) mass is 415 g/mol. The number of anilines is 2. The van der Waals surface area contributed by atoms with Gasteiger partial charge in [-0.25, -0.2) is 8.42 Å². The van der Waals surface area contributed by atoms with E-state index in [1.165, 1.54) is 12.1 Å². The first kappa shape index (κ1) is 20.9. The van der Waals surface area contributed by atoms with Crippen molar-refractivity contribution >= 4 is 33.2 Å². The predicted molar refractivity (Wildman–Crippen MR) is 112 cm³/mol. The molecule has 8 heteroatoms. The van der Waals surface area contributed by atoms with E-state index in [-0.39, 0.29) is 34.0 Å². The van der Waals surface area contributed by atoms with Crippen LogP contribution in [0.2, 0.25) is 0 Å².